The van der Waals surface area contributed by atoms with Crippen molar-refractivity contribution < 1.29 is 19.8 Å². The lowest BCUT2D eigenvalue weighted by Gasteiger charge is -2.41. The van der Waals surface area contributed by atoms with Crippen LogP contribution >= 0.6 is 0 Å². The van der Waals surface area contributed by atoms with E-state index in [2.05, 4.69) is 0 Å². The van der Waals surface area contributed by atoms with Crippen LogP contribution in [0.5, 0.6) is 0 Å². The Kier molecular flexibility index (Phi) is 3.55. The Hall–Kier alpha value is -1.97. The van der Waals surface area contributed by atoms with E-state index in [1.54, 1.807) is 6.92 Å². The summed E-state index contributed by atoms with van der Waals surface area (Å²) < 4.78 is 0. The van der Waals surface area contributed by atoms with Crippen LogP contribution in [0.2, 0.25) is 0 Å². The highest BCUT2D eigenvalue weighted by Gasteiger charge is 2.36. The zero-order valence-corrected chi connectivity index (χ0v) is 8.83. The van der Waals surface area contributed by atoms with E-state index < -0.39 is 18.2 Å². The number of amides is 2. The molecule has 1 saturated heterocycles. The molecule has 0 bridgehead atoms. The molecule has 1 fully saturated rings. The number of nitrogens with zero attached hydrogens (tertiary/aromatic N) is 3. The number of carbonyl (C=O) groups is 2. The first-order valence-electron chi connectivity index (χ1n) is 4.83. The topological polar surface area (TPSA) is 105 Å². The highest BCUT2D eigenvalue weighted by molar-refractivity contribution is 5.68. The Balaban J connectivity index is 2.82. The summed E-state index contributed by atoms with van der Waals surface area (Å²) in [6, 6.07) is 0.912. The van der Waals surface area contributed by atoms with Gasteiger partial charge in [0.15, 0.2) is 0 Å². The molecule has 1 rings (SSSR count). The molecule has 1 heterocycles. The molecule has 2 atom stereocenters. The first-order chi connectivity index (χ1) is 7.47. The molecule has 0 aromatic carbocycles. The Morgan fingerprint density at radius 3 is 2.31 bits per heavy atom. The van der Waals surface area contributed by atoms with Gasteiger partial charge in [-0.05, 0) is 6.92 Å². The summed E-state index contributed by atoms with van der Waals surface area (Å²) in [5, 5.41) is 26.4. The Morgan fingerprint density at radius 2 is 1.88 bits per heavy atom. The SMILES string of the molecule is CC1CN(C(=O)O)C(CC#N)CN1C(=O)O. The van der Waals surface area contributed by atoms with Gasteiger partial charge in [0, 0.05) is 13.1 Å². The summed E-state index contributed by atoms with van der Waals surface area (Å²) in [5.41, 5.74) is 0. The van der Waals surface area contributed by atoms with Crippen molar-refractivity contribution in [3.8, 4) is 6.07 Å². The number of rotatable bonds is 1. The zero-order chi connectivity index (χ0) is 12.3. The molecule has 2 unspecified atom stereocenters. The number of nitriles is 1. The van der Waals surface area contributed by atoms with Crippen molar-refractivity contribution in [1.29, 1.82) is 5.26 Å². The van der Waals surface area contributed by atoms with Gasteiger partial charge < -0.3 is 20.0 Å². The summed E-state index contributed by atoms with van der Waals surface area (Å²) >= 11 is 0. The Bertz CT molecular complexity index is 338. The molecule has 2 N–H and O–H groups in total. The smallest absolute Gasteiger partial charge is 0.407 e. The van der Waals surface area contributed by atoms with Crippen molar-refractivity contribution in [2.24, 2.45) is 0 Å². The van der Waals surface area contributed by atoms with E-state index in [1.807, 2.05) is 6.07 Å². The fourth-order valence-corrected chi connectivity index (χ4v) is 1.82. The van der Waals surface area contributed by atoms with E-state index in [-0.39, 0.29) is 25.6 Å². The molecule has 0 aromatic rings. The summed E-state index contributed by atoms with van der Waals surface area (Å²) in [4.78, 5) is 24.1. The van der Waals surface area contributed by atoms with Crippen LogP contribution < -0.4 is 0 Å². The van der Waals surface area contributed by atoms with E-state index >= 15 is 0 Å². The van der Waals surface area contributed by atoms with Crippen LogP contribution in [0.25, 0.3) is 0 Å². The second-order valence-corrected chi connectivity index (χ2v) is 3.73. The fourth-order valence-electron chi connectivity index (χ4n) is 1.82. The van der Waals surface area contributed by atoms with Gasteiger partial charge in [-0.15, -0.1) is 0 Å². The maximum Gasteiger partial charge on any atom is 0.407 e. The first-order valence-corrected chi connectivity index (χ1v) is 4.83. The largest absolute Gasteiger partial charge is 0.465 e. The molecule has 2 amide bonds. The third-order valence-corrected chi connectivity index (χ3v) is 2.66. The van der Waals surface area contributed by atoms with Gasteiger partial charge in [-0.25, -0.2) is 9.59 Å². The lowest BCUT2D eigenvalue weighted by molar-refractivity contribution is 0.0400. The normalized spacial score (nSPS) is 25.0. The quantitative estimate of drug-likeness (QED) is 0.683. The van der Waals surface area contributed by atoms with E-state index in [9.17, 15) is 9.59 Å². The zero-order valence-electron chi connectivity index (χ0n) is 8.83. The van der Waals surface area contributed by atoms with Crippen LogP contribution in [0.15, 0.2) is 0 Å². The molecule has 0 radical (unpaired) electrons. The van der Waals surface area contributed by atoms with E-state index in [4.69, 9.17) is 15.5 Å². The van der Waals surface area contributed by atoms with Gasteiger partial charge in [0.1, 0.15) is 0 Å². The fraction of sp³-hybridized carbons (Fsp3) is 0.667. The van der Waals surface area contributed by atoms with Crippen LogP contribution in [-0.4, -0.2) is 57.4 Å². The molecular weight excluding hydrogens is 214 g/mol. The Morgan fingerprint density at radius 1 is 1.31 bits per heavy atom. The average molecular weight is 227 g/mol. The summed E-state index contributed by atoms with van der Waals surface area (Å²) in [7, 11) is 0. The minimum Gasteiger partial charge on any atom is -0.465 e. The molecule has 88 valence electrons. The van der Waals surface area contributed by atoms with Crippen LogP contribution in [0.4, 0.5) is 9.59 Å². The van der Waals surface area contributed by atoms with Gasteiger partial charge in [0.05, 0.1) is 24.6 Å². The number of carboxylic acid groups (broad SMARTS) is 2. The maximum absolute atomic E-state index is 10.9. The molecule has 7 nitrogen and oxygen atoms in total. The molecule has 16 heavy (non-hydrogen) atoms. The molecule has 0 aromatic heterocycles. The standard InChI is InChI=1S/C9H13N3O4/c1-6-4-12(9(15)16)7(2-3-10)5-11(6)8(13)14/h6-7H,2,4-5H2,1H3,(H,13,14)(H,15,16). The molecule has 0 aliphatic carbocycles. The summed E-state index contributed by atoms with van der Waals surface area (Å²) in [5.74, 6) is 0. The van der Waals surface area contributed by atoms with Gasteiger partial charge in [-0.3, -0.25) is 0 Å². The number of hydrogen-bond donors (Lipinski definition) is 2. The highest BCUT2D eigenvalue weighted by atomic mass is 16.4. The van der Waals surface area contributed by atoms with Crippen molar-refractivity contribution >= 4 is 12.2 Å². The predicted octanol–water partition coefficient (Wildman–Crippen LogP) is 0.631. The van der Waals surface area contributed by atoms with Gasteiger partial charge in [-0.2, -0.15) is 5.26 Å². The first kappa shape index (κ1) is 12.1. The van der Waals surface area contributed by atoms with E-state index in [1.165, 1.54) is 4.90 Å². The Labute approximate surface area is 92.5 Å². The summed E-state index contributed by atoms with van der Waals surface area (Å²) in [6.45, 7) is 1.80. The maximum atomic E-state index is 10.9. The molecular formula is C9H13N3O4. The molecule has 1 aliphatic heterocycles. The second kappa shape index (κ2) is 4.70. The van der Waals surface area contributed by atoms with Crippen molar-refractivity contribution in [3.05, 3.63) is 0 Å². The van der Waals surface area contributed by atoms with Gasteiger partial charge >= 0.3 is 12.2 Å². The summed E-state index contributed by atoms with van der Waals surface area (Å²) in [6.07, 6.45) is -2.19. The van der Waals surface area contributed by atoms with Gasteiger partial charge in [0.25, 0.3) is 0 Å². The predicted molar refractivity (Wildman–Crippen MR) is 52.9 cm³/mol. The van der Waals surface area contributed by atoms with Crippen molar-refractivity contribution in [3.63, 3.8) is 0 Å². The number of hydrogen-bond acceptors (Lipinski definition) is 3. The van der Waals surface area contributed by atoms with Crippen molar-refractivity contribution in [2.45, 2.75) is 25.4 Å². The third-order valence-electron chi connectivity index (χ3n) is 2.66. The van der Waals surface area contributed by atoms with Crippen LogP contribution in [0.3, 0.4) is 0 Å². The molecule has 0 saturated carbocycles. The monoisotopic (exact) mass is 227 g/mol. The minimum atomic E-state index is -1.11. The lowest BCUT2D eigenvalue weighted by atomic mass is 10.1. The minimum absolute atomic E-state index is 0.00278. The third kappa shape index (κ3) is 2.34. The lowest BCUT2D eigenvalue weighted by Crippen LogP contribution is -2.59. The average Bonchev–Trinajstić information content (AvgIpc) is 2.19. The molecule has 1 aliphatic rings. The van der Waals surface area contributed by atoms with Crippen LogP contribution in [-0.2, 0) is 0 Å². The van der Waals surface area contributed by atoms with Crippen LogP contribution in [0.1, 0.15) is 13.3 Å². The van der Waals surface area contributed by atoms with Crippen molar-refractivity contribution in [2.75, 3.05) is 13.1 Å². The van der Waals surface area contributed by atoms with Crippen molar-refractivity contribution in [1.82, 2.24) is 9.80 Å². The highest BCUT2D eigenvalue weighted by Crippen LogP contribution is 2.17. The van der Waals surface area contributed by atoms with Gasteiger partial charge in [0.2, 0.25) is 0 Å². The van der Waals surface area contributed by atoms with E-state index in [0.717, 1.165) is 4.90 Å². The second-order valence-electron chi connectivity index (χ2n) is 3.73. The molecule has 7 heteroatoms. The van der Waals surface area contributed by atoms with Crippen LogP contribution in [0, 0.1) is 11.3 Å². The number of piperazine rings is 1. The van der Waals surface area contributed by atoms with Gasteiger partial charge in [-0.1, -0.05) is 0 Å². The molecule has 0 spiro atoms. The van der Waals surface area contributed by atoms with E-state index in [0.29, 0.717) is 0 Å².